The van der Waals surface area contributed by atoms with E-state index in [1.165, 1.54) is 7.11 Å². The number of likely N-dealkylation sites (N-methyl/N-ethyl adjacent to an activating group) is 2. The van der Waals surface area contributed by atoms with Crippen LogP contribution in [-0.4, -0.2) is 134 Å². The van der Waals surface area contributed by atoms with Gasteiger partial charge in [0.05, 0.1) is 47.7 Å². The molecule has 1 saturated heterocycles. The Hall–Kier alpha value is -4.69. The number of benzene rings is 3. The van der Waals surface area contributed by atoms with Crippen LogP contribution in [0.25, 0.3) is 10.9 Å². The minimum absolute atomic E-state index is 0. The lowest BCUT2D eigenvalue weighted by Crippen LogP contribution is -2.48. The third-order valence-corrected chi connectivity index (χ3v) is 9.59. The summed E-state index contributed by atoms with van der Waals surface area (Å²) >= 11 is 0. The number of aromatic hydroxyl groups is 1. The first-order valence-electron chi connectivity index (χ1n) is 15.3. The standard InChI is InChI=1S/C31H33N5O4.C2H6O6S2.H2O/c1-34-15-17-36(18-16-34)20-27(37)35(2)24-12-10-23(11-13-24)32-29(21-7-5-4-6-8-21)28-25-14-9-22(31(39)40-3)19-26(25)33-30(28)38;3-9(4,5)1-2-10(6,7)8;/h4-14,19,33,38H,15-18,20H2,1-3H3;1-2H2,(H,3,4,5)(H,6,7,8);1H2. The molecule has 2 heterocycles. The zero-order valence-electron chi connectivity index (χ0n) is 28.2. The van der Waals surface area contributed by atoms with E-state index in [0.29, 0.717) is 34.6 Å². The lowest BCUT2D eigenvalue weighted by atomic mass is 10.00. The molecule has 0 aliphatic carbocycles. The van der Waals surface area contributed by atoms with Crippen molar-refractivity contribution in [1.82, 2.24) is 14.8 Å². The molecule has 5 rings (SSSR count). The number of piperazine rings is 1. The molecule has 3 aromatic carbocycles. The molecule has 51 heavy (non-hydrogen) atoms. The molecule has 1 aliphatic heterocycles. The van der Waals surface area contributed by atoms with E-state index in [9.17, 15) is 31.5 Å². The molecule has 0 atom stereocenters. The molecule has 0 bridgehead atoms. The average Bonchev–Trinajstić information content (AvgIpc) is 3.41. The number of methoxy groups -OCH3 is 1. The maximum absolute atomic E-state index is 12.9. The molecule has 0 unspecified atom stereocenters. The lowest BCUT2D eigenvalue weighted by Gasteiger charge is -2.32. The molecule has 16 nitrogen and oxygen atoms in total. The summed E-state index contributed by atoms with van der Waals surface area (Å²) in [6.07, 6.45) is 0. The van der Waals surface area contributed by atoms with Gasteiger partial charge >= 0.3 is 5.97 Å². The summed E-state index contributed by atoms with van der Waals surface area (Å²) in [6, 6.07) is 22.2. The lowest BCUT2D eigenvalue weighted by molar-refractivity contribution is -0.119. The molecule has 0 saturated carbocycles. The van der Waals surface area contributed by atoms with Gasteiger partial charge in [0.2, 0.25) is 5.91 Å². The highest BCUT2D eigenvalue weighted by Crippen LogP contribution is 2.32. The van der Waals surface area contributed by atoms with Gasteiger partial charge in [-0.05, 0) is 43.4 Å². The smallest absolute Gasteiger partial charge is 0.337 e. The maximum Gasteiger partial charge on any atom is 0.337 e. The molecule has 4 aromatic rings. The van der Waals surface area contributed by atoms with Crippen LogP contribution in [0.4, 0.5) is 11.4 Å². The predicted molar refractivity (Wildman–Crippen MR) is 193 cm³/mol. The van der Waals surface area contributed by atoms with Gasteiger partial charge in [-0.3, -0.25) is 18.8 Å². The number of nitrogens with zero attached hydrogens (tertiary/aromatic N) is 4. The predicted octanol–water partition coefficient (Wildman–Crippen LogP) is 1.98. The molecule has 6 N–H and O–H groups in total. The summed E-state index contributed by atoms with van der Waals surface area (Å²) in [6.45, 7) is 4.09. The van der Waals surface area contributed by atoms with Crippen molar-refractivity contribution in [3.8, 4) is 5.88 Å². The first kappa shape index (κ1) is 40.7. The Morgan fingerprint density at radius 1 is 0.882 bits per heavy atom. The van der Waals surface area contributed by atoms with E-state index < -0.39 is 37.7 Å². The summed E-state index contributed by atoms with van der Waals surface area (Å²) in [4.78, 5) is 39.0. The number of carbonyl (C=O) groups is 2. The average molecular weight is 748 g/mol. The summed E-state index contributed by atoms with van der Waals surface area (Å²) in [5.74, 6) is -2.43. The van der Waals surface area contributed by atoms with Gasteiger partial charge in [0.1, 0.15) is 0 Å². The Morgan fingerprint density at radius 2 is 1.47 bits per heavy atom. The zero-order valence-corrected chi connectivity index (χ0v) is 29.8. The van der Waals surface area contributed by atoms with Crippen molar-refractivity contribution < 1.29 is 50.8 Å². The van der Waals surface area contributed by atoms with Crippen LogP contribution in [0.15, 0.2) is 77.8 Å². The number of carbonyl (C=O) groups excluding carboxylic acids is 2. The van der Waals surface area contributed by atoms with E-state index in [4.69, 9.17) is 18.8 Å². The highest BCUT2D eigenvalue weighted by Gasteiger charge is 2.21. The van der Waals surface area contributed by atoms with Crippen molar-refractivity contribution in [1.29, 1.82) is 0 Å². The van der Waals surface area contributed by atoms with Gasteiger partial charge in [0.15, 0.2) is 5.88 Å². The van der Waals surface area contributed by atoms with Crippen LogP contribution in [0.2, 0.25) is 0 Å². The molecule has 0 spiro atoms. The molecule has 1 fully saturated rings. The van der Waals surface area contributed by atoms with Crippen LogP contribution in [0, 0.1) is 0 Å². The number of esters is 1. The van der Waals surface area contributed by atoms with Crippen LogP contribution in [0.3, 0.4) is 0 Å². The Balaban J connectivity index is 0.000000559. The van der Waals surface area contributed by atoms with Crippen molar-refractivity contribution in [3.63, 3.8) is 0 Å². The zero-order chi connectivity index (χ0) is 36.6. The number of fused-ring (bicyclic) bond motifs is 1. The number of aliphatic imine (C=N–C) groups is 1. The van der Waals surface area contributed by atoms with Crippen LogP contribution in [-0.2, 0) is 29.8 Å². The summed E-state index contributed by atoms with van der Waals surface area (Å²) in [7, 11) is -3.38. The fourth-order valence-corrected chi connectivity index (χ4v) is 6.75. The van der Waals surface area contributed by atoms with Gasteiger partial charge < -0.3 is 30.1 Å². The van der Waals surface area contributed by atoms with Gasteiger partial charge in [0, 0.05) is 55.4 Å². The largest absolute Gasteiger partial charge is 0.494 e. The van der Waals surface area contributed by atoms with E-state index in [1.807, 2.05) is 54.6 Å². The van der Waals surface area contributed by atoms with Crippen LogP contribution >= 0.6 is 0 Å². The van der Waals surface area contributed by atoms with E-state index in [-0.39, 0.29) is 17.3 Å². The Kier molecular flexibility index (Phi) is 14.0. The van der Waals surface area contributed by atoms with E-state index in [1.54, 1.807) is 30.1 Å². The Labute approximate surface area is 295 Å². The number of anilines is 1. The van der Waals surface area contributed by atoms with Crippen LogP contribution in [0.5, 0.6) is 5.88 Å². The number of amides is 1. The molecular formula is C33H41N5O11S2. The fraction of sp³-hybridized carbons (Fsp3) is 0.303. The third kappa shape index (κ3) is 11.7. The molecule has 1 aromatic heterocycles. The highest BCUT2D eigenvalue weighted by molar-refractivity contribution is 7.89. The number of ether oxygens (including phenoxy) is 1. The quantitative estimate of drug-likeness (QED) is 0.103. The van der Waals surface area contributed by atoms with Gasteiger partial charge in [-0.15, -0.1) is 0 Å². The Bertz CT molecular complexity index is 2030. The normalized spacial score (nSPS) is 14.3. The monoisotopic (exact) mass is 747 g/mol. The second-order valence-electron chi connectivity index (χ2n) is 11.5. The number of rotatable bonds is 10. The summed E-state index contributed by atoms with van der Waals surface area (Å²) in [5, 5.41) is 11.7. The van der Waals surface area contributed by atoms with Crippen molar-refractivity contribution in [2.45, 2.75) is 0 Å². The summed E-state index contributed by atoms with van der Waals surface area (Å²) < 4.78 is 60.2. The number of hydrogen-bond donors (Lipinski definition) is 4. The van der Waals surface area contributed by atoms with Gasteiger partial charge in [-0.1, -0.05) is 36.4 Å². The first-order valence-corrected chi connectivity index (χ1v) is 18.5. The molecule has 276 valence electrons. The summed E-state index contributed by atoms with van der Waals surface area (Å²) in [5.41, 5.74) is 4.34. The van der Waals surface area contributed by atoms with Crippen LogP contribution in [0.1, 0.15) is 21.5 Å². The molecule has 1 amide bonds. The Morgan fingerprint density at radius 3 is 2.02 bits per heavy atom. The van der Waals surface area contributed by atoms with E-state index in [2.05, 4.69) is 21.8 Å². The van der Waals surface area contributed by atoms with Gasteiger partial charge in [0.25, 0.3) is 20.2 Å². The second-order valence-corrected chi connectivity index (χ2v) is 14.7. The van der Waals surface area contributed by atoms with Crippen LogP contribution < -0.4 is 4.90 Å². The number of nitrogens with one attached hydrogen (secondary N) is 1. The number of aromatic nitrogens is 1. The number of hydrogen-bond acceptors (Lipinski definition) is 11. The van der Waals surface area contributed by atoms with E-state index >= 15 is 0 Å². The molecular weight excluding hydrogens is 707 g/mol. The van der Waals surface area contributed by atoms with Gasteiger partial charge in [-0.25, -0.2) is 9.79 Å². The molecule has 0 radical (unpaired) electrons. The van der Waals surface area contributed by atoms with Crippen molar-refractivity contribution in [2.75, 3.05) is 70.3 Å². The van der Waals surface area contributed by atoms with E-state index in [0.717, 1.165) is 42.8 Å². The topological polar surface area (TPSA) is 242 Å². The van der Waals surface area contributed by atoms with Crippen molar-refractivity contribution >= 4 is 60.1 Å². The second kappa shape index (κ2) is 17.5. The number of H-pyrrole nitrogens is 1. The SMILES string of the molecule is COC(=O)c1ccc2c(C(=Nc3ccc(N(C)C(=O)CN4CCN(C)CC4)cc3)c3ccccc3)c(O)[nH]c2c1.O.O=S(=O)(O)CCS(=O)(=O)O. The van der Waals surface area contributed by atoms with Gasteiger partial charge in [-0.2, -0.15) is 16.8 Å². The minimum atomic E-state index is -4.30. The number of aromatic amines is 1. The maximum atomic E-state index is 12.9. The van der Waals surface area contributed by atoms with Crippen molar-refractivity contribution in [3.05, 3.63) is 89.5 Å². The highest BCUT2D eigenvalue weighted by atomic mass is 32.2. The first-order chi connectivity index (χ1) is 23.5. The fourth-order valence-electron chi connectivity index (χ4n) is 5.07. The van der Waals surface area contributed by atoms with Crippen molar-refractivity contribution in [2.24, 2.45) is 4.99 Å². The third-order valence-electron chi connectivity index (χ3n) is 7.89. The minimum Gasteiger partial charge on any atom is -0.494 e. The molecule has 18 heteroatoms. The molecule has 1 aliphatic rings.